The van der Waals surface area contributed by atoms with Crippen LogP contribution < -0.4 is 20.5 Å². The van der Waals surface area contributed by atoms with E-state index in [1.807, 2.05) is 24.3 Å². The van der Waals surface area contributed by atoms with Gasteiger partial charge in [-0.05, 0) is 43.6 Å². The first-order valence-electron chi connectivity index (χ1n) is 7.42. The van der Waals surface area contributed by atoms with Crippen molar-refractivity contribution in [3.05, 3.63) is 42.9 Å². The van der Waals surface area contributed by atoms with Gasteiger partial charge in [0.15, 0.2) is 5.11 Å². The fraction of sp³-hybridized carbons (Fsp3) is 0.312. The van der Waals surface area contributed by atoms with E-state index in [9.17, 15) is 0 Å². The standard InChI is InChI=1S/C16H20N4O2S/c17-16(23)20-13-5-4-6-14(11-13)21-9-2-1-3-10-22-15-7-8-18-12-19-15/h4-8,11-12H,1-3,9-10H2,(H3,17,20,23). The zero-order valence-corrected chi connectivity index (χ0v) is 13.6. The highest BCUT2D eigenvalue weighted by Gasteiger charge is 1.98. The van der Waals surface area contributed by atoms with Gasteiger partial charge >= 0.3 is 0 Å². The van der Waals surface area contributed by atoms with Crippen LogP contribution in [0, 0.1) is 0 Å². The second-order valence-corrected chi connectivity index (χ2v) is 5.26. The van der Waals surface area contributed by atoms with Crippen LogP contribution in [0.25, 0.3) is 0 Å². The van der Waals surface area contributed by atoms with Crippen LogP contribution >= 0.6 is 12.2 Å². The van der Waals surface area contributed by atoms with Gasteiger partial charge in [-0.1, -0.05) is 6.07 Å². The number of benzene rings is 1. The molecule has 0 aliphatic rings. The van der Waals surface area contributed by atoms with Crippen LogP contribution in [0.5, 0.6) is 11.6 Å². The van der Waals surface area contributed by atoms with Gasteiger partial charge in [-0.25, -0.2) is 9.97 Å². The maximum absolute atomic E-state index is 5.71. The topological polar surface area (TPSA) is 82.3 Å². The van der Waals surface area contributed by atoms with Crippen molar-refractivity contribution in [1.82, 2.24) is 9.97 Å². The molecule has 0 saturated heterocycles. The predicted octanol–water partition coefficient (Wildman–Crippen LogP) is 2.76. The normalized spacial score (nSPS) is 10.1. The molecule has 23 heavy (non-hydrogen) atoms. The molecular weight excluding hydrogens is 312 g/mol. The molecule has 7 heteroatoms. The van der Waals surface area contributed by atoms with Crippen LogP contribution in [-0.4, -0.2) is 28.3 Å². The fourth-order valence-corrected chi connectivity index (χ4v) is 2.04. The van der Waals surface area contributed by atoms with Crippen molar-refractivity contribution in [3.63, 3.8) is 0 Å². The number of hydrogen-bond donors (Lipinski definition) is 2. The Labute approximate surface area is 141 Å². The minimum absolute atomic E-state index is 0.242. The van der Waals surface area contributed by atoms with Crippen molar-refractivity contribution in [3.8, 4) is 11.6 Å². The minimum atomic E-state index is 0.242. The van der Waals surface area contributed by atoms with Crippen LogP contribution in [0.4, 0.5) is 5.69 Å². The summed E-state index contributed by atoms with van der Waals surface area (Å²) >= 11 is 4.81. The van der Waals surface area contributed by atoms with E-state index in [-0.39, 0.29) is 5.11 Å². The van der Waals surface area contributed by atoms with Crippen LogP contribution in [0.3, 0.4) is 0 Å². The molecule has 0 fully saturated rings. The molecule has 0 spiro atoms. The third-order valence-electron chi connectivity index (χ3n) is 2.96. The summed E-state index contributed by atoms with van der Waals surface area (Å²) in [5, 5.41) is 3.12. The van der Waals surface area contributed by atoms with Gasteiger partial charge in [0.2, 0.25) is 5.88 Å². The first-order chi connectivity index (χ1) is 11.2. The summed E-state index contributed by atoms with van der Waals surface area (Å²) in [7, 11) is 0. The third-order valence-corrected chi connectivity index (χ3v) is 3.07. The van der Waals surface area contributed by atoms with E-state index in [4.69, 9.17) is 27.4 Å². The fourth-order valence-electron chi connectivity index (χ4n) is 1.92. The van der Waals surface area contributed by atoms with Crippen molar-refractivity contribution in [2.75, 3.05) is 18.5 Å². The monoisotopic (exact) mass is 332 g/mol. The van der Waals surface area contributed by atoms with Crippen LogP contribution in [0.1, 0.15) is 19.3 Å². The molecule has 0 saturated carbocycles. The van der Waals surface area contributed by atoms with Crippen LogP contribution in [0.15, 0.2) is 42.9 Å². The van der Waals surface area contributed by atoms with Crippen molar-refractivity contribution >= 4 is 23.0 Å². The molecule has 1 aromatic carbocycles. The molecule has 0 atom stereocenters. The number of ether oxygens (including phenoxy) is 2. The van der Waals surface area contributed by atoms with Gasteiger partial charge in [0.1, 0.15) is 12.1 Å². The number of hydrogen-bond acceptors (Lipinski definition) is 5. The Bertz CT molecular complexity index is 610. The molecule has 0 aliphatic carbocycles. The van der Waals surface area contributed by atoms with E-state index in [0.717, 1.165) is 30.7 Å². The molecule has 0 bridgehead atoms. The van der Waals surface area contributed by atoms with Crippen molar-refractivity contribution in [2.24, 2.45) is 5.73 Å². The van der Waals surface area contributed by atoms with E-state index in [2.05, 4.69) is 15.3 Å². The van der Waals surface area contributed by atoms with Crippen LogP contribution in [-0.2, 0) is 0 Å². The second kappa shape index (κ2) is 9.58. The molecule has 2 aromatic rings. The summed E-state index contributed by atoms with van der Waals surface area (Å²) in [6, 6.07) is 9.31. The molecular formula is C16H20N4O2S. The molecule has 1 heterocycles. The summed E-state index contributed by atoms with van der Waals surface area (Å²) in [6.45, 7) is 1.30. The summed E-state index contributed by atoms with van der Waals surface area (Å²) in [5.41, 5.74) is 6.27. The third kappa shape index (κ3) is 6.92. The molecule has 2 rings (SSSR count). The summed E-state index contributed by atoms with van der Waals surface area (Å²) in [5.74, 6) is 1.40. The maximum Gasteiger partial charge on any atom is 0.216 e. The first-order valence-corrected chi connectivity index (χ1v) is 7.83. The van der Waals surface area contributed by atoms with Crippen molar-refractivity contribution in [2.45, 2.75) is 19.3 Å². The lowest BCUT2D eigenvalue weighted by Gasteiger charge is -2.09. The van der Waals surface area contributed by atoms with E-state index in [1.54, 1.807) is 12.3 Å². The molecule has 0 radical (unpaired) electrons. The summed E-state index contributed by atoms with van der Waals surface area (Å²) in [6.07, 6.45) is 6.08. The van der Waals surface area contributed by atoms with Gasteiger partial charge in [0, 0.05) is 24.0 Å². The quantitative estimate of drug-likeness (QED) is 0.539. The highest BCUT2D eigenvalue weighted by Crippen LogP contribution is 2.17. The van der Waals surface area contributed by atoms with Gasteiger partial charge < -0.3 is 20.5 Å². The average molecular weight is 332 g/mol. The summed E-state index contributed by atoms with van der Waals surface area (Å²) in [4.78, 5) is 7.84. The second-order valence-electron chi connectivity index (χ2n) is 4.82. The number of nitrogens with zero attached hydrogens (tertiary/aromatic N) is 2. The van der Waals surface area contributed by atoms with Crippen LogP contribution in [0.2, 0.25) is 0 Å². The Morgan fingerprint density at radius 3 is 2.70 bits per heavy atom. The van der Waals surface area contributed by atoms with Gasteiger partial charge in [-0.3, -0.25) is 0 Å². The number of rotatable bonds is 9. The Morgan fingerprint density at radius 1 is 1.13 bits per heavy atom. The van der Waals surface area contributed by atoms with E-state index >= 15 is 0 Å². The zero-order valence-electron chi connectivity index (χ0n) is 12.8. The molecule has 0 amide bonds. The lowest BCUT2D eigenvalue weighted by molar-refractivity contribution is 0.273. The molecule has 3 N–H and O–H groups in total. The number of nitrogens with two attached hydrogens (primary N) is 1. The number of aromatic nitrogens is 2. The van der Waals surface area contributed by atoms with Gasteiger partial charge in [0.25, 0.3) is 0 Å². The largest absolute Gasteiger partial charge is 0.494 e. The maximum atomic E-state index is 5.71. The number of thiocarbonyl (C=S) groups is 1. The molecule has 0 aliphatic heterocycles. The Kier molecular flexibility index (Phi) is 7.06. The Balaban J connectivity index is 1.57. The van der Waals surface area contributed by atoms with E-state index in [0.29, 0.717) is 19.1 Å². The molecule has 0 unspecified atom stereocenters. The van der Waals surface area contributed by atoms with Gasteiger partial charge in [-0.15, -0.1) is 0 Å². The van der Waals surface area contributed by atoms with E-state index in [1.165, 1.54) is 6.33 Å². The van der Waals surface area contributed by atoms with Gasteiger partial charge in [0.05, 0.1) is 13.2 Å². The molecule has 122 valence electrons. The smallest absolute Gasteiger partial charge is 0.216 e. The van der Waals surface area contributed by atoms with E-state index < -0.39 is 0 Å². The number of nitrogens with one attached hydrogen (secondary N) is 1. The average Bonchev–Trinajstić information content (AvgIpc) is 2.55. The van der Waals surface area contributed by atoms with Gasteiger partial charge in [-0.2, -0.15) is 0 Å². The number of anilines is 1. The lowest BCUT2D eigenvalue weighted by atomic mass is 10.2. The number of unbranched alkanes of at least 4 members (excludes halogenated alkanes) is 2. The highest BCUT2D eigenvalue weighted by atomic mass is 32.1. The Hall–Kier alpha value is -2.41. The predicted molar refractivity (Wildman–Crippen MR) is 93.7 cm³/mol. The van der Waals surface area contributed by atoms with Crippen molar-refractivity contribution in [1.29, 1.82) is 0 Å². The SMILES string of the molecule is NC(=S)Nc1cccc(OCCCCCOc2ccncn2)c1. The first kappa shape index (κ1) is 17.0. The molecule has 6 nitrogen and oxygen atoms in total. The summed E-state index contributed by atoms with van der Waals surface area (Å²) < 4.78 is 11.2. The molecule has 1 aromatic heterocycles. The van der Waals surface area contributed by atoms with Crippen molar-refractivity contribution < 1.29 is 9.47 Å². The zero-order chi connectivity index (χ0) is 16.3. The minimum Gasteiger partial charge on any atom is -0.494 e. The Morgan fingerprint density at radius 2 is 1.96 bits per heavy atom. The lowest BCUT2D eigenvalue weighted by Crippen LogP contribution is -2.18. The highest BCUT2D eigenvalue weighted by molar-refractivity contribution is 7.80.